The molecule has 0 aliphatic carbocycles. The van der Waals surface area contributed by atoms with Crippen molar-refractivity contribution in [2.45, 2.75) is 19.8 Å². The summed E-state index contributed by atoms with van der Waals surface area (Å²) in [5, 5.41) is 4.30. The number of anilines is 1. The lowest BCUT2D eigenvalue weighted by atomic mass is 10.2. The first-order valence-electron chi connectivity index (χ1n) is 8.59. The van der Waals surface area contributed by atoms with Gasteiger partial charge in [-0.05, 0) is 37.6 Å². The van der Waals surface area contributed by atoms with Crippen molar-refractivity contribution in [2.24, 2.45) is 0 Å². The molecular formula is C20H20BrN3O2. The van der Waals surface area contributed by atoms with Crippen LogP contribution in [0.1, 0.15) is 19.8 Å². The van der Waals surface area contributed by atoms with Gasteiger partial charge in [0, 0.05) is 28.4 Å². The first kappa shape index (κ1) is 18.3. The Morgan fingerprint density at radius 2 is 1.88 bits per heavy atom. The second kappa shape index (κ2) is 8.76. The van der Waals surface area contributed by atoms with E-state index in [1.165, 1.54) is 0 Å². The molecule has 0 spiro atoms. The molecule has 0 unspecified atom stereocenters. The number of fused-ring (bicyclic) bond motifs is 1. The Morgan fingerprint density at radius 3 is 2.65 bits per heavy atom. The van der Waals surface area contributed by atoms with E-state index in [0.29, 0.717) is 31.8 Å². The van der Waals surface area contributed by atoms with Crippen LogP contribution in [0.4, 0.5) is 5.82 Å². The summed E-state index contributed by atoms with van der Waals surface area (Å²) >= 11 is 3.45. The number of rotatable bonds is 7. The minimum atomic E-state index is -0.169. The molecule has 0 radical (unpaired) electrons. The predicted octanol–water partition coefficient (Wildman–Crippen LogP) is 4.81. The molecule has 1 N–H and O–H groups in total. The van der Waals surface area contributed by atoms with Crippen LogP contribution in [0.5, 0.6) is 0 Å². The van der Waals surface area contributed by atoms with Gasteiger partial charge in [-0.1, -0.05) is 40.2 Å². The number of ether oxygens (including phenoxy) is 1. The highest BCUT2D eigenvalue weighted by atomic mass is 79.9. The van der Waals surface area contributed by atoms with Crippen LogP contribution in [0.15, 0.2) is 53.0 Å². The third-order valence-electron chi connectivity index (χ3n) is 3.86. The summed E-state index contributed by atoms with van der Waals surface area (Å²) in [4.78, 5) is 20.8. The number of para-hydroxylation sites is 1. The Hall–Kier alpha value is -2.47. The van der Waals surface area contributed by atoms with Gasteiger partial charge in [-0.15, -0.1) is 0 Å². The average Bonchev–Trinajstić information content (AvgIpc) is 2.66. The molecule has 0 bridgehead atoms. The average molecular weight is 414 g/mol. The molecule has 6 heteroatoms. The van der Waals surface area contributed by atoms with Crippen LogP contribution in [-0.2, 0) is 9.53 Å². The van der Waals surface area contributed by atoms with Crippen molar-refractivity contribution in [3.63, 3.8) is 0 Å². The van der Waals surface area contributed by atoms with Gasteiger partial charge in [0.1, 0.15) is 5.82 Å². The van der Waals surface area contributed by atoms with Crippen molar-refractivity contribution in [2.75, 3.05) is 18.5 Å². The van der Waals surface area contributed by atoms with Crippen LogP contribution in [0.3, 0.4) is 0 Å². The number of hydrogen-bond donors (Lipinski definition) is 1. The van der Waals surface area contributed by atoms with Crippen molar-refractivity contribution in [1.82, 2.24) is 9.97 Å². The molecule has 0 atom stereocenters. The van der Waals surface area contributed by atoms with Gasteiger partial charge in [0.25, 0.3) is 0 Å². The summed E-state index contributed by atoms with van der Waals surface area (Å²) in [7, 11) is 0. The molecule has 0 saturated heterocycles. The molecule has 1 aromatic heterocycles. The molecule has 5 nitrogen and oxygen atoms in total. The highest BCUT2D eigenvalue weighted by molar-refractivity contribution is 9.10. The number of hydrogen-bond acceptors (Lipinski definition) is 5. The van der Waals surface area contributed by atoms with Crippen molar-refractivity contribution in [1.29, 1.82) is 0 Å². The lowest BCUT2D eigenvalue weighted by Crippen LogP contribution is -2.09. The van der Waals surface area contributed by atoms with Gasteiger partial charge in [-0.3, -0.25) is 4.79 Å². The number of carbonyl (C=O) groups is 1. The third-order valence-corrected chi connectivity index (χ3v) is 4.39. The number of aromatic nitrogens is 2. The number of carbonyl (C=O) groups excluding carboxylic acids is 1. The van der Waals surface area contributed by atoms with E-state index in [9.17, 15) is 4.79 Å². The Balaban J connectivity index is 1.81. The molecule has 26 heavy (non-hydrogen) atoms. The van der Waals surface area contributed by atoms with Gasteiger partial charge in [-0.25, -0.2) is 9.97 Å². The third kappa shape index (κ3) is 4.58. The SMILES string of the molecule is CCOC(=O)CCCNc1nc(-c2ccc(Br)cc2)nc2ccccc12. The molecule has 3 rings (SSSR count). The first-order chi connectivity index (χ1) is 12.7. The summed E-state index contributed by atoms with van der Waals surface area (Å²) in [5.74, 6) is 1.28. The van der Waals surface area contributed by atoms with Gasteiger partial charge >= 0.3 is 5.97 Å². The molecule has 3 aromatic rings. The lowest BCUT2D eigenvalue weighted by Gasteiger charge is -2.11. The summed E-state index contributed by atoms with van der Waals surface area (Å²) < 4.78 is 5.97. The molecule has 0 aliphatic heterocycles. The Kier molecular flexibility index (Phi) is 6.17. The van der Waals surface area contributed by atoms with Gasteiger partial charge in [0.2, 0.25) is 0 Å². The number of benzene rings is 2. The first-order valence-corrected chi connectivity index (χ1v) is 9.39. The van der Waals surface area contributed by atoms with Gasteiger partial charge in [0.05, 0.1) is 12.1 Å². The molecule has 0 fully saturated rings. The highest BCUT2D eigenvalue weighted by Crippen LogP contribution is 2.25. The van der Waals surface area contributed by atoms with Crippen LogP contribution < -0.4 is 5.32 Å². The molecule has 1 heterocycles. The van der Waals surface area contributed by atoms with E-state index in [2.05, 4.69) is 26.2 Å². The van der Waals surface area contributed by atoms with E-state index in [1.807, 2.05) is 55.5 Å². The summed E-state index contributed by atoms with van der Waals surface area (Å²) in [6, 6.07) is 15.8. The van der Waals surface area contributed by atoms with E-state index in [0.717, 1.165) is 26.8 Å². The van der Waals surface area contributed by atoms with E-state index in [4.69, 9.17) is 9.72 Å². The van der Waals surface area contributed by atoms with Crippen LogP contribution in [0.2, 0.25) is 0 Å². The van der Waals surface area contributed by atoms with E-state index in [-0.39, 0.29) is 5.97 Å². The quantitative estimate of drug-likeness (QED) is 0.444. The van der Waals surface area contributed by atoms with Crippen molar-refractivity contribution in [3.8, 4) is 11.4 Å². The second-order valence-electron chi connectivity index (χ2n) is 5.76. The maximum atomic E-state index is 11.5. The van der Waals surface area contributed by atoms with Crippen molar-refractivity contribution >= 4 is 38.6 Å². The van der Waals surface area contributed by atoms with E-state index in [1.54, 1.807) is 0 Å². The molecule has 0 aliphatic rings. The summed E-state index contributed by atoms with van der Waals surface area (Å²) in [6.45, 7) is 2.87. The molecule has 2 aromatic carbocycles. The number of nitrogens with zero attached hydrogens (tertiary/aromatic N) is 2. The monoisotopic (exact) mass is 413 g/mol. The minimum Gasteiger partial charge on any atom is -0.466 e. The Morgan fingerprint density at radius 1 is 1.12 bits per heavy atom. The zero-order chi connectivity index (χ0) is 18.4. The second-order valence-corrected chi connectivity index (χ2v) is 6.67. The largest absolute Gasteiger partial charge is 0.466 e. The Bertz CT molecular complexity index is 897. The zero-order valence-electron chi connectivity index (χ0n) is 14.5. The zero-order valence-corrected chi connectivity index (χ0v) is 16.1. The van der Waals surface area contributed by atoms with Gasteiger partial charge in [-0.2, -0.15) is 0 Å². The lowest BCUT2D eigenvalue weighted by molar-refractivity contribution is -0.143. The maximum absolute atomic E-state index is 11.5. The topological polar surface area (TPSA) is 64.1 Å². The van der Waals surface area contributed by atoms with Crippen molar-refractivity contribution < 1.29 is 9.53 Å². The van der Waals surface area contributed by atoms with Crippen LogP contribution in [0.25, 0.3) is 22.3 Å². The maximum Gasteiger partial charge on any atom is 0.305 e. The smallest absolute Gasteiger partial charge is 0.305 e. The number of nitrogens with one attached hydrogen (secondary N) is 1. The van der Waals surface area contributed by atoms with E-state index < -0.39 is 0 Å². The predicted molar refractivity (Wildman–Crippen MR) is 107 cm³/mol. The van der Waals surface area contributed by atoms with Gasteiger partial charge < -0.3 is 10.1 Å². The number of esters is 1. The normalized spacial score (nSPS) is 10.7. The standard InChI is InChI=1S/C20H20BrN3O2/c1-2-26-18(25)8-5-13-22-20-16-6-3-4-7-17(16)23-19(24-20)14-9-11-15(21)12-10-14/h3-4,6-7,9-12H,2,5,8,13H2,1H3,(H,22,23,24). The number of halogens is 1. The van der Waals surface area contributed by atoms with Crippen LogP contribution in [-0.4, -0.2) is 29.1 Å². The minimum absolute atomic E-state index is 0.169. The fourth-order valence-corrected chi connectivity index (χ4v) is 2.88. The van der Waals surface area contributed by atoms with Crippen molar-refractivity contribution in [3.05, 3.63) is 53.0 Å². The fourth-order valence-electron chi connectivity index (χ4n) is 2.61. The van der Waals surface area contributed by atoms with Gasteiger partial charge in [0.15, 0.2) is 5.82 Å². The molecular weight excluding hydrogens is 394 g/mol. The van der Waals surface area contributed by atoms with Crippen LogP contribution >= 0.6 is 15.9 Å². The fraction of sp³-hybridized carbons (Fsp3) is 0.250. The van der Waals surface area contributed by atoms with Crippen LogP contribution in [0, 0.1) is 0 Å². The Labute approximate surface area is 160 Å². The van der Waals surface area contributed by atoms with E-state index >= 15 is 0 Å². The summed E-state index contributed by atoms with van der Waals surface area (Å²) in [5.41, 5.74) is 1.84. The molecule has 0 saturated carbocycles. The molecule has 134 valence electrons. The molecule has 0 amide bonds. The summed E-state index contributed by atoms with van der Waals surface area (Å²) in [6.07, 6.45) is 1.08. The highest BCUT2D eigenvalue weighted by Gasteiger charge is 2.09.